The minimum absolute atomic E-state index is 0.0895. The van der Waals surface area contributed by atoms with Crippen molar-refractivity contribution in [2.45, 2.75) is 31.8 Å². The molecule has 4 heterocycles. The number of piperazine rings is 1. The molecule has 1 N–H and O–H groups in total. The van der Waals surface area contributed by atoms with E-state index in [-0.39, 0.29) is 6.54 Å². The van der Waals surface area contributed by atoms with Gasteiger partial charge < -0.3 is 10.0 Å². The van der Waals surface area contributed by atoms with Crippen molar-refractivity contribution in [2.24, 2.45) is 0 Å². The maximum atomic E-state index is 11.0. The van der Waals surface area contributed by atoms with Crippen molar-refractivity contribution in [2.75, 3.05) is 44.7 Å². The third kappa shape index (κ3) is 4.18. The number of imidazole rings is 1. The summed E-state index contributed by atoms with van der Waals surface area (Å²) in [6, 6.07) is 6.47. The van der Waals surface area contributed by atoms with E-state index in [1.807, 2.05) is 23.2 Å². The largest absolute Gasteiger partial charge is 0.480 e. The molecule has 3 aromatic rings. The zero-order valence-electron chi connectivity index (χ0n) is 18.4. The number of carboxylic acid groups (broad SMARTS) is 1. The Morgan fingerprint density at radius 2 is 2.03 bits per heavy atom. The highest BCUT2D eigenvalue weighted by molar-refractivity contribution is 5.69. The molecule has 32 heavy (non-hydrogen) atoms. The normalized spacial score (nSPS) is 19.4. The van der Waals surface area contributed by atoms with Crippen LogP contribution in [-0.4, -0.2) is 80.0 Å². The molecule has 5 rings (SSSR count). The molecule has 3 aromatic heterocycles. The highest BCUT2D eigenvalue weighted by Crippen LogP contribution is 2.32. The van der Waals surface area contributed by atoms with Crippen LogP contribution in [0, 0.1) is 0 Å². The zero-order valence-corrected chi connectivity index (χ0v) is 18.4. The molecule has 0 saturated carbocycles. The average molecular weight is 436 g/mol. The van der Waals surface area contributed by atoms with E-state index in [0.29, 0.717) is 19.1 Å². The lowest BCUT2D eigenvalue weighted by Gasteiger charge is -2.34. The standard InChI is InChI=1S/C23H29N7O2/c1-27(19-6-2-4-17-5-3-8-24-22(17)19)14-18-15-30-20(26-18)7-9-25-23(30)29-12-10-28(11-13-29)16-21(31)32/h3,5,7-9,15,19H,2,4,6,10-14,16H2,1H3,(H,31,32). The summed E-state index contributed by atoms with van der Waals surface area (Å²) >= 11 is 0. The van der Waals surface area contributed by atoms with Gasteiger partial charge in [0.25, 0.3) is 0 Å². The van der Waals surface area contributed by atoms with Crippen molar-refractivity contribution in [3.63, 3.8) is 0 Å². The monoisotopic (exact) mass is 435 g/mol. The highest BCUT2D eigenvalue weighted by Gasteiger charge is 2.26. The van der Waals surface area contributed by atoms with E-state index in [4.69, 9.17) is 10.1 Å². The molecule has 0 spiro atoms. The van der Waals surface area contributed by atoms with Gasteiger partial charge in [-0.05, 0) is 44.0 Å². The van der Waals surface area contributed by atoms with Gasteiger partial charge in [-0.1, -0.05) is 6.07 Å². The van der Waals surface area contributed by atoms with Crippen LogP contribution in [0.2, 0.25) is 0 Å². The zero-order chi connectivity index (χ0) is 22.1. The van der Waals surface area contributed by atoms with Crippen LogP contribution in [0.25, 0.3) is 5.65 Å². The van der Waals surface area contributed by atoms with E-state index in [2.05, 4.69) is 43.5 Å². The fourth-order valence-electron chi connectivity index (χ4n) is 4.94. The van der Waals surface area contributed by atoms with Gasteiger partial charge in [0.05, 0.1) is 24.0 Å². The Bertz CT molecular complexity index is 1110. The maximum Gasteiger partial charge on any atom is 0.317 e. The molecule has 9 nitrogen and oxygen atoms in total. The van der Waals surface area contributed by atoms with Gasteiger partial charge in [-0.2, -0.15) is 0 Å². The Morgan fingerprint density at radius 1 is 1.19 bits per heavy atom. The Kier molecular flexibility index (Phi) is 5.75. The van der Waals surface area contributed by atoms with Crippen LogP contribution in [0.3, 0.4) is 0 Å². The topological polar surface area (TPSA) is 90.1 Å². The fourth-order valence-corrected chi connectivity index (χ4v) is 4.94. The number of carbonyl (C=O) groups is 1. The molecule has 1 fully saturated rings. The Labute approximate surface area is 187 Å². The molecule has 0 aromatic carbocycles. The second-order valence-electron chi connectivity index (χ2n) is 8.73. The molecule has 1 atom stereocenters. The van der Waals surface area contributed by atoms with E-state index in [1.165, 1.54) is 17.7 Å². The predicted molar refractivity (Wildman–Crippen MR) is 121 cm³/mol. The summed E-state index contributed by atoms with van der Waals surface area (Å²) in [5, 5.41) is 9.03. The number of fused-ring (bicyclic) bond motifs is 2. The molecule has 9 heteroatoms. The van der Waals surface area contributed by atoms with Crippen molar-refractivity contribution in [1.82, 2.24) is 29.2 Å². The molecule has 1 aliphatic carbocycles. The predicted octanol–water partition coefficient (Wildman–Crippen LogP) is 1.84. The van der Waals surface area contributed by atoms with Crippen LogP contribution < -0.4 is 4.90 Å². The van der Waals surface area contributed by atoms with Crippen LogP contribution in [0.5, 0.6) is 0 Å². The molecule has 1 saturated heterocycles. The Morgan fingerprint density at radius 3 is 2.84 bits per heavy atom. The van der Waals surface area contributed by atoms with Crippen LogP contribution in [-0.2, 0) is 17.8 Å². The van der Waals surface area contributed by atoms with Gasteiger partial charge in [0.2, 0.25) is 5.95 Å². The number of nitrogens with zero attached hydrogens (tertiary/aromatic N) is 7. The number of aryl methyl sites for hydroxylation is 1. The van der Waals surface area contributed by atoms with Crippen LogP contribution >= 0.6 is 0 Å². The van der Waals surface area contributed by atoms with Gasteiger partial charge in [0, 0.05) is 51.3 Å². The first-order valence-electron chi connectivity index (χ1n) is 11.2. The number of carboxylic acids is 1. The smallest absolute Gasteiger partial charge is 0.317 e. The van der Waals surface area contributed by atoms with Gasteiger partial charge in [-0.25, -0.2) is 9.97 Å². The molecular formula is C23H29N7O2. The average Bonchev–Trinajstić information content (AvgIpc) is 3.21. The molecule has 1 unspecified atom stereocenters. The van der Waals surface area contributed by atoms with Crippen molar-refractivity contribution in [3.8, 4) is 0 Å². The minimum Gasteiger partial charge on any atom is -0.480 e. The summed E-state index contributed by atoms with van der Waals surface area (Å²) in [6.45, 7) is 3.75. The third-order valence-corrected chi connectivity index (χ3v) is 6.54. The van der Waals surface area contributed by atoms with Crippen molar-refractivity contribution < 1.29 is 9.90 Å². The van der Waals surface area contributed by atoms with Gasteiger partial charge in [-0.3, -0.25) is 24.0 Å². The Hall–Kier alpha value is -3.04. The summed E-state index contributed by atoms with van der Waals surface area (Å²) < 4.78 is 2.06. The highest BCUT2D eigenvalue weighted by atomic mass is 16.4. The number of aromatic nitrogens is 4. The van der Waals surface area contributed by atoms with Gasteiger partial charge in [0.1, 0.15) is 5.65 Å². The summed E-state index contributed by atoms with van der Waals surface area (Å²) in [6.07, 6.45) is 9.18. The van der Waals surface area contributed by atoms with Crippen molar-refractivity contribution >= 4 is 17.6 Å². The molecule has 0 bridgehead atoms. The number of hydrogen-bond donors (Lipinski definition) is 1. The van der Waals surface area contributed by atoms with E-state index in [1.54, 1.807) is 6.20 Å². The lowest BCUT2D eigenvalue weighted by molar-refractivity contribution is -0.138. The SMILES string of the molecule is CN(Cc1cn2c(N3CCN(CC(=O)O)CC3)nccc2n1)C1CCCc2cccnc21. The van der Waals surface area contributed by atoms with Gasteiger partial charge >= 0.3 is 5.97 Å². The molecule has 0 amide bonds. The summed E-state index contributed by atoms with van der Waals surface area (Å²) in [7, 11) is 2.15. The molecule has 168 valence electrons. The van der Waals surface area contributed by atoms with E-state index in [0.717, 1.165) is 49.8 Å². The quantitative estimate of drug-likeness (QED) is 0.627. The fraction of sp³-hybridized carbons (Fsp3) is 0.478. The van der Waals surface area contributed by atoms with Crippen LogP contribution in [0.4, 0.5) is 5.95 Å². The summed E-state index contributed by atoms with van der Waals surface area (Å²) in [5.41, 5.74) is 4.45. The number of aliphatic carboxylic acids is 1. The van der Waals surface area contributed by atoms with Crippen LogP contribution in [0.15, 0.2) is 36.8 Å². The molecule has 2 aliphatic rings. The molecular weight excluding hydrogens is 406 g/mol. The number of rotatable bonds is 6. The van der Waals surface area contributed by atoms with Crippen molar-refractivity contribution in [3.05, 3.63) is 53.7 Å². The first-order valence-corrected chi connectivity index (χ1v) is 11.2. The van der Waals surface area contributed by atoms with Crippen molar-refractivity contribution in [1.29, 1.82) is 0 Å². The number of anilines is 1. The van der Waals surface area contributed by atoms with Crippen LogP contribution in [0.1, 0.15) is 35.8 Å². The Balaban J connectivity index is 1.32. The van der Waals surface area contributed by atoms with Gasteiger partial charge in [0.15, 0.2) is 0 Å². The maximum absolute atomic E-state index is 11.0. The van der Waals surface area contributed by atoms with E-state index < -0.39 is 5.97 Å². The summed E-state index contributed by atoms with van der Waals surface area (Å²) in [5.74, 6) is 0.0846. The minimum atomic E-state index is -0.780. The number of hydrogen-bond acceptors (Lipinski definition) is 7. The second-order valence-corrected chi connectivity index (χ2v) is 8.73. The van der Waals surface area contributed by atoms with E-state index in [9.17, 15) is 4.79 Å². The van der Waals surface area contributed by atoms with E-state index >= 15 is 0 Å². The third-order valence-electron chi connectivity index (χ3n) is 6.54. The lowest BCUT2D eigenvalue weighted by Crippen LogP contribution is -2.48. The summed E-state index contributed by atoms with van der Waals surface area (Å²) in [4.78, 5) is 31.7. The molecule has 1 aliphatic heterocycles. The first kappa shape index (κ1) is 20.8. The second kappa shape index (κ2) is 8.84. The lowest BCUT2D eigenvalue weighted by atomic mass is 9.91. The molecule has 0 radical (unpaired) electrons. The first-order chi connectivity index (χ1) is 15.6. The number of pyridine rings is 1. The van der Waals surface area contributed by atoms with Gasteiger partial charge in [-0.15, -0.1) is 0 Å².